The second-order valence-electron chi connectivity index (χ2n) is 8.11. The van der Waals surface area contributed by atoms with Gasteiger partial charge in [-0.2, -0.15) is 4.31 Å². The molecule has 3 heterocycles. The van der Waals surface area contributed by atoms with Gasteiger partial charge in [0.1, 0.15) is 16.4 Å². The molecule has 0 N–H and O–H groups in total. The van der Waals surface area contributed by atoms with Crippen molar-refractivity contribution in [3.05, 3.63) is 57.6 Å². The summed E-state index contributed by atoms with van der Waals surface area (Å²) in [6.07, 6.45) is 1.10. The Bertz CT molecular complexity index is 1230. The summed E-state index contributed by atoms with van der Waals surface area (Å²) in [5, 5.41) is 6.53. The first-order valence-corrected chi connectivity index (χ1v) is 12.9. The lowest BCUT2D eigenvalue weighted by atomic mass is 9.97. The van der Waals surface area contributed by atoms with Gasteiger partial charge in [-0.3, -0.25) is 4.79 Å². The maximum Gasteiger partial charge on any atom is 0.248 e. The Morgan fingerprint density at radius 2 is 2.00 bits per heavy atom. The van der Waals surface area contributed by atoms with E-state index in [1.807, 2.05) is 12.3 Å². The fourth-order valence-corrected chi connectivity index (χ4v) is 6.53. The summed E-state index contributed by atoms with van der Waals surface area (Å²) < 4.78 is 46.5. The SMILES string of the molecule is Cc1nc(CN(C(=O)C2CCCN(S(=O)(=O)c3c(C)noc3C)C2)c2ccc(F)cc2)cs1. The van der Waals surface area contributed by atoms with Crippen LogP contribution in [0.3, 0.4) is 0 Å². The fraction of sp³-hybridized carbons (Fsp3) is 0.409. The van der Waals surface area contributed by atoms with Crippen LogP contribution in [0.25, 0.3) is 0 Å². The number of hydrogen-bond donors (Lipinski definition) is 0. The summed E-state index contributed by atoms with van der Waals surface area (Å²) in [5.41, 5.74) is 1.57. The van der Waals surface area contributed by atoms with Gasteiger partial charge in [0.15, 0.2) is 5.76 Å². The number of rotatable bonds is 6. The van der Waals surface area contributed by atoms with Crippen molar-refractivity contribution in [1.82, 2.24) is 14.4 Å². The molecular weight excluding hydrogens is 467 g/mol. The third kappa shape index (κ3) is 4.85. The number of thiazole rings is 1. The highest BCUT2D eigenvalue weighted by atomic mass is 32.2. The Labute approximate surface area is 196 Å². The molecular formula is C22H25FN4O4S2. The molecule has 3 aromatic rings. The minimum Gasteiger partial charge on any atom is -0.360 e. The van der Waals surface area contributed by atoms with Gasteiger partial charge in [0.2, 0.25) is 15.9 Å². The maximum atomic E-state index is 13.6. The second-order valence-corrected chi connectivity index (χ2v) is 11.1. The van der Waals surface area contributed by atoms with Gasteiger partial charge in [-0.25, -0.2) is 17.8 Å². The van der Waals surface area contributed by atoms with Crippen molar-refractivity contribution in [1.29, 1.82) is 0 Å². The molecule has 0 saturated carbocycles. The van der Waals surface area contributed by atoms with Crippen LogP contribution in [0.2, 0.25) is 0 Å². The van der Waals surface area contributed by atoms with Crippen LogP contribution in [0.15, 0.2) is 39.1 Å². The standard InChI is InChI=1S/C22H25FN4O4S2/c1-14-21(15(2)31-25-14)33(29,30)26-10-4-5-17(11-26)22(28)27(12-19-13-32-16(3)24-19)20-8-6-18(23)7-9-20/h6-9,13,17H,4-5,10-12H2,1-3H3. The number of anilines is 1. The molecule has 1 saturated heterocycles. The van der Waals surface area contributed by atoms with E-state index in [1.54, 1.807) is 30.9 Å². The number of carbonyl (C=O) groups is 1. The first-order chi connectivity index (χ1) is 15.7. The van der Waals surface area contributed by atoms with E-state index in [1.165, 1.54) is 27.8 Å². The van der Waals surface area contributed by atoms with Gasteiger partial charge in [-0.15, -0.1) is 11.3 Å². The third-order valence-corrected chi connectivity index (χ3v) is 8.62. The normalized spacial score (nSPS) is 17.3. The molecule has 2 aromatic heterocycles. The molecule has 8 nitrogen and oxygen atoms in total. The zero-order valence-electron chi connectivity index (χ0n) is 18.6. The molecule has 0 radical (unpaired) electrons. The molecule has 0 spiro atoms. The van der Waals surface area contributed by atoms with Crippen molar-refractivity contribution < 1.29 is 22.1 Å². The monoisotopic (exact) mass is 492 g/mol. The Kier molecular flexibility index (Phi) is 6.64. The van der Waals surface area contributed by atoms with Crippen molar-refractivity contribution in [2.24, 2.45) is 5.92 Å². The van der Waals surface area contributed by atoms with E-state index in [4.69, 9.17) is 4.52 Å². The summed E-state index contributed by atoms with van der Waals surface area (Å²) in [6, 6.07) is 5.70. The van der Waals surface area contributed by atoms with Gasteiger partial charge in [0, 0.05) is 24.2 Å². The molecule has 0 bridgehead atoms. The Balaban J connectivity index is 1.61. The van der Waals surface area contributed by atoms with E-state index in [2.05, 4.69) is 10.1 Å². The van der Waals surface area contributed by atoms with Crippen LogP contribution >= 0.6 is 11.3 Å². The molecule has 1 fully saturated rings. The zero-order chi connectivity index (χ0) is 23.8. The van der Waals surface area contributed by atoms with Crippen LogP contribution in [-0.2, 0) is 21.4 Å². The van der Waals surface area contributed by atoms with Gasteiger partial charge in [-0.05, 0) is 57.9 Å². The predicted molar refractivity (Wildman–Crippen MR) is 122 cm³/mol. The van der Waals surface area contributed by atoms with E-state index in [0.717, 1.165) is 10.7 Å². The van der Waals surface area contributed by atoms with Crippen molar-refractivity contribution in [2.75, 3.05) is 18.0 Å². The lowest BCUT2D eigenvalue weighted by molar-refractivity contribution is -0.123. The van der Waals surface area contributed by atoms with E-state index in [0.29, 0.717) is 30.8 Å². The molecule has 1 amide bonds. The number of benzene rings is 1. The largest absolute Gasteiger partial charge is 0.360 e. The molecule has 4 rings (SSSR count). The fourth-order valence-electron chi connectivity index (χ4n) is 4.12. The van der Waals surface area contributed by atoms with Crippen molar-refractivity contribution >= 4 is 33.0 Å². The van der Waals surface area contributed by atoms with E-state index < -0.39 is 21.8 Å². The van der Waals surface area contributed by atoms with Gasteiger partial charge in [0.05, 0.1) is 23.2 Å². The van der Waals surface area contributed by atoms with E-state index >= 15 is 0 Å². The first-order valence-electron chi connectivity index (χ1n) is 10.6. The quantitative estimate of drug-likeness (QED) is 0.519. The highest BCUT2D eigenvalue weighted by molar-refractivity contribution is 7.89. The van der Waals surface area contributed by atoms with Crippen LogP contribution in [0, 0.1) is 32.5 Å². The number of sulfonamides is 1. The van der Waals surface area contributed by atoms with E-state index in [9.17, 15) is 17.6 Å². The predicted octanol–water partition coefficient (Wildman–Crippen LogP) is 3.83. The summed E-state index contributed by atoms with van der Waals surface area (Å²) in [6.45, 7) is 5.63. The van der Waals surface area contributed by atoms with Crippen molar-refractivity contribution in [3.8, 4) is 0 Å². The molecule has 11 heteroatoms. The Morgan fingerprint density at radius 1 is 1.27 bits per heavy atom. The number of aryl methyl sites for hydroxylation is 3. The highest BCUT2D eigenvalue weighted by Gasteiger charge is 2.38. The lowest BCUT2D eigenvalue weighted by Gasteiger charge is -2.34. The van der Waals surface area contributed by atoms with Crippen LogP contribution in [0.5, 0.6) is 0 Å². The molecule has 33 heavy (non-hydrogen) atoms. The molecule has 1 atom stereocenters. The van der Waals surface area contributed by atoms with Crippen LogP contribution in [0.4, 0.5) is 10.1 Å². The van der Waals surface area contributed by atoms with Crippen LogP contribution in [-0.4, -0.2) is 41.9 Å². The van der Waals surface area contributed by atoms with Crippen molar-refractivity contribution in [3.63, 3.8) is 0 Å². The summed E-state index contributed by atoms with van der Waals surface area (Å²) in [7, 11) is -3.85. The van der Waals surface area contributed by atoms with Gasteiger partial charge < -0.3 is 9.42 Å². The van der Waals surface area contributed by atoms with Gasteiger partial charge in [-0.1, -0.05) is 5.16 Å². The minimum absolute atomic E-state index is 0.0546. The summed E-state index contributed by atoms with van der Waals surface area (Å²) in [4.78, 5) is 19.7. The Morgan fingerprint density at radius 3 is 2.61 bits per heavy atom. The average Bonchev–Trinajstić information content (AvgIpc) is 3.36. The second kappa shape index (κ2) is 9.32. The van der Waals surface area contributed by atoms with Crippen LogP contribution in [0.1, 0.15) is 35.0 Å². The topological polar surface area (TPSA) is 96.6 Å². The molecule has 1 aliphatic rings. The zero-order valence-corrected chi connectivity index (χ0v) is 20.2. The van der Waals surface area contributed by atoms with Crippen LogP contribution < -0.4 is 4.90 Å². The maximum absolute atomic E-state index is 13.6. The third-order valence-electron chi connectivity index (χ3n) is 5.69. The van der Waals surface area contributed by atoms with Gasteiger partial charge in [0.25, 0.3) is 0 Å². The number of nitrogens with zero attached hydrogens (tertiary/aromatic N) is 4. The molecule has 0 aliphatic carbocycles. The first kappa shape index (κ1) is 23.5. The van der Waals surface area contributed by atoms with Gasteiger partial charge >= 0.3 is 0 Å². The molecule has 1 unspecified atom stereocenters. The number of amides is 1. The molecule has 1 aliphatic heterocycles. The lowest BCUT2D eigenvalue weighted by Crippen LogP contribution is -2.46. The summed E-state index contributed by atoms with van der Waals surface area (Å²) in [5.74, 6) is -0.928. The average molecular weight is 493 g/mol. The number of hydrogen-bond acceptors (Lipinski definition) is 7. The minimum atomic E-state index is -3.85. The van der Waals surface area contributed by atoms with E-state index in [-0.39, 0.29) is 29.7 Å². The number of halogens is 1. The number of piperidine rings is 1. The van der Waals surface area contributed by atoms with Crippen molar-refractivity contribution in [2.45, 2.75) is 45.1 Å². The number of aromatic nitrogens is 2. The number of carbonyl (C=O) groups excluding carboxylic acids is 1. The molecule has 176 valence electrons. The molecule has 1 aromatic carbocycles. The Hall–Kier alpha value is -2.63. The highest BCUT2D eigenvalue weighted by Crippen LogP contribution is 2.30. The smallest absolute Gasteiger partial charge is 0.248 e. The summed E-state index contributed by atoms with van der Waals surface area (Å²) >= 11 is 1.48.